The normalized spacial score (nSPS) is 19.1. The van der Waals surface area contributed by atoms with Crippen LogP contribution in [0.1, 0.15) is 16.7 Å². The molecule has 34 heavy (non-hydrogen) atoms. The number of fused-ring (bicyclic) bond motifs is 2. The zero-order valence-corrected chi connectivity index (χ0v) is 19.7. The monoisotopic (exact) mass is 499 g/mol. The average molecular weight is 500 g/mol. The van der Waals surface area contributed by atoms with Crippen molar-refractivity contribution in [1.29, 1.82) is 0 Å². The summed E-state index contributed by atoms with van der Waals surface area (Å²) in [4.78, 5) is 29.2. The molecule has 2 heterocycles. The summed E-state index contributed by atoms with van der Waals surface area (Å²) in [6.07, 6.45) is 0. The average Bonchev–Trinajstić information content (AvgIpc) is 3.34. The molecule has 1 atom stereocenters. The number of aryl methyl sites for hydroxylation is 1. The number of amides is 3. The molecule has 9 heteroatoms. The predicted molar refractivity (Wildman–Crippen MR) is 130 cm³/mol. The van der Waals surface area contributed by atoms with E-state index >= 15 is 0 Å². The third-order valence-corrected chi connectivity index (χ3v) is 7.65. The van der Waals surface area contributed by atoms with Crippen LogP contribution in [0.3, 0.4) is 0 Å². The third kappa shape index (κ3) is 3.71. The van der Waals surface area contributed by atoms with Crippen LogP contribution in [0.4, 0.5) is 25.0 Å². The molecule has 0 bridgehead atoms. The minimum atomic E-state index is -1.25. The van der Waals surface area contributed by atoms with Gasteiger partial charge in [0, 0.05) is 28.6 Å². The Bertz CT molecular complexity index is 1320. The highest BCUT2D eigenvalue weighted by Gasteiger charge is 2.59. The van der Waals surface area contributed by atoms with Gasteiger partial charge >= 0.3 is 6.03 Å². The number of carbonyl (C=O) groups excluding carboxylic acids is 2. The fourth-order valence-electron chi connectivity index (χ4n) is 4.46. The minimum Gasteiger partial charge on any atom is -0.308 e. The summed E-state index contributed by atoms with van der Waals surface area (Å²) in [5, 5.41) is 3.33. The maximum Gasteiger partial charge on any atom is 0.323 e. The standard InChI is InChI=1S/C25H20ClF2N3O2S/c1-15-5-8-22-19(11-15)25(23(32)30(22)14-16-6-7-20(27)21(28)12-16)31(9-10-34-25)24(33)29-18-4-2-3-17(26)13-18/h2-8,11-13H,9-10,14H2,1H3,(H,29,33)/t25-/m1/s1. The molecule has 1 fully saturated rings. The summed E-state index contributed by atoms with van der Waals surface area (Å²) in [5.41, 5.74) is 3.29. The van der Waals surface area contributed by atoms with Crippen molar-refractivity contribution in [3.8, 4) is 0 Å². The molecule has 1 N–H and O–H groups in total. The van der Waals surface area contributed by atoms with Gasteiger partial charge in [-0.2, -0.15) is 0 Å². The van der Waals surface area contributed by atoms with E-state index in [-0.39, 0.29) is 12.5 Å². The van der Waals surface area contributed by atoms with Crippen LogP contribution < -0.4 is 10.2 Å². The number of nitrogens with one attached hydrogen (secondary N) is 1. The van der Waals surface area contributed by atoms with Crippen LogP contribution in [-0.4, -0.2) is 29.1 Å². The Labute approximate surface area is 204 Å². The van der Waals surface area contributed by atoms with Crippen LogP contribution in [0.25, 0.3) is 0 Å². The van der Waals surface area contributed by atoms with Crippen molar-refractivity contribution in [2.45, 2.75) is 18.3 Å². The van der Waals surface area contributed by atoms with E-state index in [9.17, 15) is 18.4 Å². The first kappa shape index (κ1) is 22.7. The van der Waals surface area contributed by atoms with Crippen molar-refractivity contribution in [1.82, 2.24) is 4.90 Å². The van der Waals surface area contributed by atoms with Crippen molar-refractivity contribution < 1.29 is 18.4 Å². The van der Waals surface area contributed by atoms with Crippen molar-refractivity contribution >= 4 is 46.7 Å². The zero-order chi connectivity index (χ0) is 24.0. The van der Waals surface area contributed by atoms with Crippen LogP contribution in [0.2, 0.25) is 5.02 Å². The van der Waals surface area contributed by atoms with Crippen LogP contribution in [0, 0.1) is 18.6 Å². The number of carbonyl (C=O) groups is 2. The lowest BCUT2D eigenvalue weighted by Crippen LogP contribution is -2.51. The number of benzene rings is 3. The number of thioether (sulfide) groups is 1. The molecular formula is C25H20ClF2N3O2S. The highest BCUT2D eigenvalue weighted by Crippen LogP contribution is 2.54. The van der Waals surface area contributed by atoms with Gasteiger partial charge in [0.05, 0.1) is 12.2 Å². The van der Waals surface area contributed by atoms with Crippen molar-refractivity contribution in [2.24, 2.45) is 0 Å². The first-order valence-corrected chi connectivity index (χ1v) is 12.0. The number of hydrogen-bond donors (Lipinski definition) is 1. The quantitative estimate of drug-likeness (QED) is 0.487. The molecule has 0 unspecified atom stereocenters. The number of hydrogen-bond acceptors (Lipinski definition) is 3. The summed E-state index contributed by atoms with van der Waals surface area (Å²) in [6.45, 7) is 2.35. The molecule has 5 rings (SSSR count). The first-order chi connectivity index (χ1) is 16.3. The lowest BCUT2D eigenvalue weighted by atomic mass is 10.0. The van der Waals surface area contributed by atoms with Crippen molar-refractivity contribution in [3.63, 3.8) is 0 Å². The molecule has 3 aromatic rings. The van der Waals surface area contributed by atoms with E-state index in [1.807, 2.05) is 25.1 Å². The van der Waals surface area contributed by atoms with Gasteiger partial charge in [-0.1, -0.05) is 41.4 Å². The Kier molecular flexibility index (Phi) is 5.73. The lowest BCUT2D eigenvalue weighted by molar-refractivity contribution is -0.123. The molecule has 3 aromatic carbocycles. The number of rotatable bonds is 3. The van der Waals surface area contributed by atoms with Crippen LogP contribution in [0.15, 0.2) is 60.7 Å². The van der Waals surface area contributed by atoms with Gasteiger partial charge in [0.1, 0.15) is 0 Å². The molecular weight excluding hydrogens is 480 g/mol. The Morgan fingerprint density at radius 3 is 2.71 bits per heavy atom. The van der Waals surface area contributed by atoms with Gasteiger partial charge in [0.2, 0.25) is 0 Å². The first-order valence-electron chi connectivity index (χ1n) is 10.6. The number of anilines is 2. The summed E-state index contributed by atoms with van der Waals surface area (Å²) in [7, 11) is 0. The van der Waals surface area contributed by atoms with E-state index < -0.39 is 22.5 Å². The molecule has 1 saturated heterocycles. The SMILES string of the molecule is Cc1ccc2c(c1)[C@@]1(SCCN1C(=O)Nc1cccc(Cl)c1)C(=O)N2Cc1ccc(F)c(F)c1. The highest BCUT2D eigenvalue weighted by molar-refractivity contribution is 8.01. The fourth-order valence-corrected chi connectivity index (χ4v) is 6.11. The topological polar surface area (TPSA) is 52.7 Å². The second-order valence-electron chi connectivity index (χ2n) is 8.24. The number of urea groups is 1. The molecule has 3 amide bonds. The van der Waals surface area contributed by atoms with E-state index in [0.29, 0.717) is 39.8 Å². The van der Waals surface area contributed by atoms with Gasteiger partial charge in [0.15, 0.2) is 16.5 Å². The van der Waals surface area contributed by atoms with Crippen molar-refractivity contribution in [2.75, 3.05) is 22.5 Å². The van der Waals surface area contributed by atoms with Crippen LogP contribution >= 0.6 is 23.4 Å². The smallest absolute Gasteiger partial charge is 0.308 e. The Hall–Kier alpha value is -3.10. The zero-order valence-electron chi connectivity index (χ0n) is 18.1. The largest absolute Gasteiger partial charge is 0.323 e. The molecule has 1 spiro atoms. The Balaban J connectivity index is 1.53. The highest BCUT2D eigenvalue weighted by atomic mass is 35.5. The Morgan fingerprint density at radius 2 is 1.94 bits per heavy atom. The third-order valence-electron chi connectivity index (χ3n) is 5.99. The van der Waals surface area contributed by atoms with Gasteiger partial charge < -0.3 is 10.2 Å². The van der Waals surface area contributed by atoms with E-state index in [1.54, 1.807) is 34.1 Å². The molecule has 5 nitrogen and oxygen atoms in total. The fraction of sp³-hybridized carbons (Fsp3) is 0.200. The van der Waals surface area contributed by atoms with E-state index in [2.05, 4.69) is 5.32 Å². The van der Waals surface area contributed by atoms with Gasteiger partial charge in [0.25, 0.3) is 5.91 Å². The molecule has 174 valence electrons. The number of nitrogens with zero attached hydrogens (tertiary/aromatic N) is 2. The minimum absolute atomic E-state index is 0.0537. The van der Waals surface area contributed by atoms with Crippen LogP contribution in [0.5, 0.6) is 0 Å². The van der Waals surface area contributed by atoms with Gasteiger partial charge in [-0.05, 0) is 48.9 Å². The summed E-state index contributed by atoms with van der Waals surface area (Å²) >= 11 is 7.45. The number of halogens is 3. The van der Waals surface area contributed by atoms with Gasteiger partial charge in [-0.25, -0.2) is 13.6 Å². The molecule has 0 aliphatic carbocycles. The lowest BCUT2D eigenvalue weighted by Gasteiger charge is -2.33. The second-order valence-corrected chi connectivity index (χ2v) is 9.97. The van der Waals surface area contributed by atoms with Crippen molar-refractivity contribution in [3.05, 3.63) is 94.0 Å². The second kappa shape index (κ2) is 8.60. The van der Waals surface area contributed by atoms with E-state index in [4.69, 9.17) is 11.6 Å². The van der Waals surface area contributed by atoms with Gasteiger partial charge in [-0.3, -0.25) is 9.69 Å². The maximum absolute atomic E-state index is 14.0. The molecule has 0 radical (unpaired) electrons. The molecule has 0 saturated carbocycles. The molecule has 2 aliphatic heterocycles. The van der Waals surface area contributed by atoms with E-state index in [0.717, 1.165) is 17.7 Å². The summed E-state index contributed by atoms with van der Waals surface area (Å²) in [5.74, 6) is -1.64. The molecule has 0 aromatic heterocycles. The predicted octanol–water partition coefficient (Wildman–Crippen LogP) is 5.91. The summed E-state index contributed by atoms with van der Waals surface area (Å²) < 4.78 is 27.3. The molecule has 2 aliphatic rings. The Morgan fingerprint density at radius 1 is 1.12 bits per heavy atom. The maximum atomic E-state index is 14.0. The summed E-state index contributed by atoms with van der Waals surface area (Å²) in [6, 6.07) is 15.6. The van der Waals surface area contributed by atoms with E-state index in [1.165, 1.54) is 17.8 Å². The van der Waals surface area contributed by atoms with Crippen LogP contribution in [-0.2, 0) is 16.2 Å². The van der Waals surface area contributed by atoms with Gasteiger partial charge in [-0.15, -0.1) is 11.8 Å².